The molecule has 1 unspecified atom stereocenters. The van der Waals surface area contributed by atoms with E-state index in [2.05, 4.69) is 10.2 Å². The van der Waals surface area contributed by atoms with Crippen LogP contribution in [0, 0.1) is 11.7 Å². The zero-order valence-corrected chi connectivity index (χ0v) is 13.4. The van der Waals surface area contributed by atoms with Gasteiger partial charge in [-0.2, -0.15) is 0 Å². The number of methoxy groups -OCH3 is 1. The van der Waals surface area contributed by atoms with Crippen LogP contribution in [0.2, 0.25) is 0 Å². The molecule has 0 spiro atoms. The number of halogens is 1. The Balaban J connectivity index is 1.92. The number of carbonyl (C=O) groups is 1. The summed E-state index contributed by atoms with van der Waals surface area (Å²) in [5.74, 6) is -0.115. The molecule has 6 nitrogen and oxygen atoms in total. The summed E-state index contributed by atoms with van der Waals surface area (Å²) in [6.45, 7) is 6.66. The van der Waals surface area contributed by atoms with Crippen LogP contribution >= 0.6 is 0 Å². The van der Waals surface area contributed by atoms with Crippen LogP contribution in [0.1, 0.15) is 32.9 Å². The number of amides is 1. The molecule has 0 N–H and O–H groups in total. The smallest absolute Gasteiger partial charge is 0.410 e. The van der Waals surface area contributed by atoms with Crippen molar-refractivity contribution in [3.8, 4) is 5.88 Å². The molecule has 22 heavy (non-hydrogen) atoms. The van der Waals surface area contributed by atoms with Crippen molar-refractivity contribution in [2.75, 3.05) is 20.2 Å². The van der Waals surface area contributed by atoms with E-state index in [1.54, 1.807) is 4.90 Å². The fourth-order valence-corrected chi connectivity index (χ4v) is 2.38. The number of nitrogens with zero attached hydrogens (tertiary/aromatic N) is 3. The van der Waals surface area contributed by atoms with E-state index in [4.69, 9.17) is 9.47 Å². The molecule has 1 amide bonds. The Kier molecular flexibility index (Phi) is 4.83. The second kappa shape index (κ2) is 6.46. The van der Waals surface area contributed by atoms with Gasteiger partial charge in [0.25, 0.3) is 0 Å². The van der Waals surface area contributed by atoms with Gasteiger partial charge in [-0.1, -0.05) is 0 Å². The van der Waals surface area contributed by atoms with Crippen LogP contribution in [0.4, 0.5) is 9.18 Å². The van der Waals surface area contributed by atoms with E-state index in [1.807, 2.05) is 20.8 Å². The Morgan fingerprint density at radius 3 is 2.77 bits per heavy atom. The highest BCUT2D eigenvalue weighted by atomic mass is 19.1. The van der Waals surface area contributed by atoms with Crippen molar-refractivity contribution in [2.45, 2.75) is 39.2 Å². The van der Waals surface area contributed by atoms with Gasteiger partial charge >= 0.3 is 6.09 Å². The van der Waals surface area contributed by atoms with Crippen molar-refractivity contribution in [3.05, 3.63) is 17.6 Å². The maximum atomic E-state index is 13.9. The molecule has 0 aliphatic carbocycles. The average molecular weight is 311 g/mol. The van der Waals surface area contributed by atoms with Gasteiger partial charge < -0.3 is 14.4 Å². The summed E-state index contributed by atoms with van der Waals surface area (Å²) >= 11 is 0. The third-order valence-corrected chi connectivity index (χ3v) is 3.42. The Morgan fingerprint density at radius 2 is 2.18 bits per heavy atom. The van der Waals surface area contributed by atoms with E-state index in [0.29, 0.717) is 25.2 Å². The van der Waals surface area contributed by atoms with Gasteiger partial charge in [-0.15, -0.1) is 10.2 Å². The van der Waals surface area contributed by atoms with Gasteiger partial charge in [0.2, 0.25) is 5.88 Å². The van der Waals surface area contributed by atoms with Crippen LogP contribution in [0.25, 0.3) is 0 Å². The molecule has 1 aromatic heterocycles. The normalized spacial score (nSPS) is 18.4. The first-order valence-corrected chi connectivity index (χ1v) is 7.32. The lowest BCUT2D eigenvalue weighted by Gasteiger charge is -2.24. The second-order valence-corrected chi connectivity index (χ2v) is 6.47. The fourth-order valence-electron chi connectivity index (χ4n) is 2.38. The summed E-state index contributed by atoms with van der Waals surface area (Å²) in [5.41, 5.74) is -0.209. The zero-order valence-electron chi connectivity index (χ0n) is 13.4. The fraction of sp³-hybridized carbons (Fsp3) is 0.667. The minimum Gasteiger partial charge on any atom is -0.480 e. The topological polar surface area (TPSA) is 64.5 Å². The Labute approximate surface area is 129 Å². The highest BCUT2D eigenvalue weighted by Crippen LogP contribution is 2.23. The average Bonchev–Trinajstić information content (AvgIpc) is 2.88. The third-order valence-electron chi connectivity index (χ3n) is 3.42. The molecule has 0 bridgehead atoms. The molecule has 7 heteroatoms. The molecule has 1 atom stereocenters. The van der Waals surface area contributed by atoms with Crippen molar-refractivity contribution in [1.82, 2.24) is 15.1 Å². The number of hydrogen-bond donors (Lipinski definition) is 0. The van der Waals surface area contributed by atoms with Gasteiger partial charge in [-0.05, 0) is 39.5 Å². The third kappa shape index (κ3) is 4.29. The molecule has 2 heterocycles. The molecule has 0 radical (unpaired) electrons. The van der Waals surface area contributed by atoms with Crippen LogP contribution in [-0.2, 0) is 11.2 Å². The van der Waals surface area contributed by atoms with Crippen LogP contribution < -0.4 is 4.74 Å². The summed E-state index contributed by atoms with van der Waals surface area (Å²) in [4.78, 5) is 13.7. The van der Waals surface area contributed by atoms with E-state index in [1.165, 1.54) is 13.2 Å². The number of rotatable bonds is 3. The predicted octanol–water partition coefficient (Wildman–Crippen LogP) is 2.42. The molecule has 1 aromatic rings. The number of likely N-dealkylation sites (tertiary alicyclic amines) is 1. The summed E-state index contributed by atoms with van der Waals surface area (Å²) < 4.78 is 24.1. The molecular weight excluding hydrogens is 289 g/mol. The highest BCUT2D eigenvalue weighted by molar-refractivity contribution is 5.68. The van der Waals surface area contributed by atoms with Crippen LogP contribution in [-0.4, -0.2) is 47.0 Å². The molecule has 0 saturated carbocycles. The monoisotopic (exact) mass is 311 g/mol. The molecule has 2 rings (SSSR count). The zero-order chi connectivity index (χ0) is 16.3. The first-order valence-electron chi connectivity index (χ1n) is 7.32. The quantitative estimate of drug-likeness (QED) is 0.858. The van der Waals surface area contributed by atoms with Crippen LogP contribution in [0.3, 0.4) is 0 Å². The van der Waals surface area contributed by atoms with E-state index in [9.17, 15) is 9.18 Å². The first-order chi connectivity index (χ1) is 10.3. The number of aromatic nitrogens is 2. The molecule has 1 saturated heterocycles. The second-order valence-electron chi connectivity index (χ2n) is 6.47. The molecule has 0 aromatic carbocycles. The lowest BCUT2D eigenvalue weighted by molar-refractivity contribution is 0.0288. The molecule has 1 aliphatic rings. The van der Waals surface area contributed by atoms with Crippen LogP contribution in [0.15, 0.2) is 6.07 Å². The summed E-state index contributed by atoms with van der Waals surface area (Å²) in [7, 11) is 1.42. The lowest BCUT2D eigenvalue weighted by atomic mass is 10.0. The standard InChI is InChI=1S/C15H22FN3O3/c1-15(2,3)22-14(20)19-6-5-10(9-19)7-12-11(16)8-13(21-4)18-17-12/h8,10H,5-7,9H2,1-4H3. The number of ether oxygens (including phenoxy) is 2. The van der Waals surface area contributed by atoms with Gasteiger partial charge in [-0.25, -0.2) is 9.18 Å². The maximum Gasteiger partial charge on any atom is 0.410 e. The number of hydrogen-bond acceptors (Lipinski definition) is 5. The Bertz CT molecular complexity index is 545. The highest BCUT2D eigenvalue weighted by Gasteiger charge is 2.30. The van der Waals surface area contributed by atoms with E-state index < -0.39 is 11.4 Å². The van der Waals surface area contributed by atoms with Gasteiger partial charge in [0.1, 0.15) is 5.60 Å². The van der Waals surface area contributed by atoms with Gasteiger partial charge in [0, 0.05) is 19.2 Å². The minimum atomic E-state index is -0.511. The number of carbonyl (C=O) groups excluding carboxylic acids is 1. The van der Waals surface area contributed by atoms with Crippen molar-refractivity contribution in [1.29, 1.82) is 0 Å². The van der Waals surface area contributed by atoms with E-state index in [-0.39, 0.29) is 17.9 Å². The minimum absolute atomic E-state index is 0.156. The largest absolute Gasteiger partial charge is 0.480 e. The Hall–Kier alpha value is -1.92. The van der Waals surface area contributed by atoms with Crippen molar-refractivity contribution < 1.29 is 18.7 Å². The first kappa shape index (κ1) is 16.5. The maximum absolute atomic E-state index is 13.9. The van der Waals surface area contributed by atoms with Gasteiger partial charge in [0.05, 0.1) is 12.8 Å². The molecule has 1 aliphatic heterocycles. The van der Waals surface area contributed by atoms with Crippen molar-refractivity contribution >= 4 is 6.09 Å². The lowest BCUT2D eigenvalue weighted by Crippen LogP contribution is -2.35. The summed E-state index contributed by atoms with van der Waals surface area (Å²) in [5, 5.41) is 7.64. The molecule has 122 valence electrons. The van der Waals surface area contributed by atoms with E-state index in [0.717, 1.165) is 6.42 Å². The van der Waals surface area contributed by atoms with Crippen molar-refractivity contribution in [2.24, 2.45) is 5.92 Å². The van der Waals surface area contributed by atoms with Crippen molar-refractivity contribution in [3.63, 3.8) is 0 Å². The van der Waals surface area contributed by atoms with E-state index >= 15 is 0 Å². The molecule has 1 fully saturated rings. The molecular formula is C15H22FN3O3. The van der Waals surface area contributed by atoms with Crippen LogP contribution in [0.5, 0.6) is 5.88 Å². The SMILES string of the molecule is COc1cc(F)c(CC2CCN(C(=O)OC(C)(C)C)C2)nn1. The van der Waals surface area contributed by atoms with Gasteiger partial charge in [0.15, 0.2) is 5.82 Å². The van der Waals surface area contributed by atoms with Gasteiger partial charge in [-0.3, -0.25) is 0 Å². The Morgan fingerprint density at radius 1 is 1.45 bits per heavy atom. The summed E-state index contributed by atoms with van der Waals surface area (Å²) in [6.07, 6.45) is 0.922. The predicted molar refractivity (Wildman–Crippen MR) is 78.2 cm³/mol. The summed E-state index contributed by atoms with van der Waals surface area (Å²) in [6, 6.07) is 1.23.